The second-order valence-corrected chi connectivity index (χ2v) is 6.85. The summed E-state index contributed by atoms with van der Waals surface area (Å²) < 4.78 is 25.5. The fourth-order valence-electron chi connectivity index (χ4n) is 2.43. The number of hydrogen-bond acceptors (Lipinski definition) is 3. The zero-order valence-electron chi connectivity index (χ0n) is 10.7. The van der Waals surface area contributed by atoms with E-state index in [0.717, 1.165) is 4.31 Å². The van der Waals surface area contributed by atoms with E-state index in [2.05, 4.69) is 0 Å². The molecule has 6 heteroatoms. The van der Waals surface area contributed by atoms with Crippen molar-refractivity contribution in [3.8, 4) is 0 Å². The third-order valence-corrected chi connectivity index (χ3v) is 5.62. The average Bonchev–Trinajstić information content (AvgIpc) is 2.38. The van der Waals surface area contributed by atoms with Gasteiger partial charge in [-0.25, -0.2) is 13.2 Å². The molecule has 1 aliphatic rings. The maximum Gasteiger partial charge on any atom is 0.329 e. The van der Waals surface area contributed by atoms with Crippen molar-refractivity contribution in [3.63, 3.8) is 0 Å². The van der Waals surface area contributed by atoms with Crippen molar-refractivity contribution >= 4 is 16.0 Å². The van der Waals surface area contributed by atoms with Crippen molar-refractivity contribution in [2.75, 3.05) is 12.3 Å². The normalized spacial score (nSPS) is 22.6. The molecule has 1 saturated heterocycles. The Bertz CT molecular complexity index is 570. The van der Waals surface area contributed by atoms with Crippen molar-refractivity contribution in [2.45, 2.75) is 25.3 Å². The Kier molecular flexibility index (Phi) is 3.64. The first-order valence-electron chi connectivity index (χ1n) is 6.18. The average molecular weight is 283 g/mol. The second-order valence-electron chi connectivity index (χ2n) is 4.84. The van der Waals surface area contributed by atoms with E-state index in [1.54, 1.807) is 30.3 Å². The number of aliphatic carboxylic acids is 1. The number of carboxylic acids is 1. The zero-order valence-corrected chi connectivity index (χ0v) is 11.6. The molecular formula is C13H17NO4S. The van der Waals surface area contributed by atoms with Gasteiger partial charge in [-0.05, 0) is 25.3 Å². The molecule has 2 rings (SSSR count). The minimum atomic E-state index is -3.52. The number of benzene rings is 1. The summed E-state index contributed by atoms with van der Waals surface area (Å²) >= 11 is 0. The third-order valence-electron chi connectivity index (χ3n) is 3.60. The molecule has 0 bridgehead atoms. The highest BCUT2D eigenvalue weighted by Crippen LogP contribution is 2.33. The lowest BCUT2D eigenvalue weighted by atomic mass is 9.92. The SMILES string of the molecule is CC(C(=O)O)(c1ccccc1)N1CCCCS1(=O)=O. The lowest BCUT2D eigenvalue weighted by Crippen LogP contribution is -2.55. The maximum atomic E-state index is 12.2. The molecule has 0 spiro atoms. The summed E-state index contributed by atoms with van der Waals surface area (Å²) in [6.45, 7) is 1.70. The fourth-order valence-corrected chi connectivity index (χ4v) is 4.36. The minimum absolute atomic E-state index is 0.0166. The van der Waals surface area contributed by atoms with Gasteiger partial charge in [0, 0.05) is 6.54 Å². The summed E-state index contributed by atoms with van der Waals surface area (Å²) in [4.78, 5) is 11.7. The molecule has 1 aromatic rings. The van der Waals surface area contributed by atoms with E-state index in [1.165, 1.54) is 6.92 Å². The Morgan fingerprint density at radius 3 is 2.42 bits per heavy atom. The van der Waals surface area contributed by atoms with Crippen LogP contribution in [0.3, 0.4) is 0 Å². The molecular weight excluding hydrogens is 266 g/mol. The number of hydrogen-bond donors (Lipinski definition) is 1. The van der Waals surface area contributed by atoms with Crippen LogP contribution in [-0.2, 0) is 20.4 Å². The van der Waals surface area contributed by atoms with Crippen LogP contribution in [0.5, 0.6) is 0 Å². The Labute approximate surface area is 112 Å². The van der Waals surface area contributed by atoms with E-state index in [-0.39, 0.29) is 12.3 Å². The van der Waals surface area contributed by atoms with Crippen LogP contribution in [-0.4, -0.2) is 36.1 Å². The quantitative estimate of drug-likeness (QED) is 0.910. The van der Waals surface area contributed by atoms with Crippen LogP contribution in [0.25, 0.3) is 0 Å². The molecule has 5 nitrogen and oxygen atoms in total. The van der Waals surface area contributed by atoms with Crippen molar-refractivity contribution in [1.29, 1.82) is 0 Å². The summed E-state index contributed by atoms with van der Waals surface area (Å²) in [6, 6.07) is 8.51. The maximum absolute atomic E-state index is 12.2. The van der Waals surface area contributed by atoms with Gasteiger partial charge in [0.2, 0.25) is 10.0 Å². The molecule has 1 fully saturated rings. The number of rotatable bonds is 3. The summed E-state index contributed by atoms with van der Waals surface area (Å²) in [5, 5.41) is 9.56. The van der Waals surface area contributed by atoms with Crippen LogP contribution in [0.15, 0.2) is 30.3 Å². The van der Waals surface area contributed by atoms with Crippen LogP contribution in [0, 0.1) is 0 Å². The highest BCUT2D eigenvalue weighted by atomic mass is 32.2. The van der Waals surface area contributed by atoms with Gasteiger partial charge in [0.15, 0.2) is 5.54 Å². The summed E-state index contributed by atoms with van der Waals surface area (Å²) in [5.41, 5.74) is -1.06. The second kappa shape index (κ2) is 4.94. The topological polar surface area (TPSA) is 74.7 Å². The van der Waals surface area contributed by atoms with Gasteiger partial charge in [-0.2, -0.15) is 4.31 Å². The van der Waals surface area contributed by atoms with Crippen LogP contribution in [0.2, 0.25) is 0 Å². The highest BCUT2D eigenvalue weighted by Gasteiger charge is 2.48. The molecule has 1 N–H and O–H groups in total. The first-order chi connectivity index (χ1) is 8.89. The lowest BCUT2D eigenvalue weighted by molar-refractivity contribution is -0.148. The van der Waals surface area contributed by atoms with Gasteiger partial charge in [-0.3, -0.25) is 0 Å². The molecule has 0 radical (unpaired) electrons. The van der Waals surface area contributed by atoms with E-state index in [4.69, 9.17) is 0 Å². The van der Waals surface area contributed by atoms with Crippen LogP contribution in [0.4, 0.5) is 0 Å². The van der Waals surface area contributed by atoms with E-state index in [9.17, 15) is 18.3 Å². The van der Waals surface area contributed by atoms with Crippen LogP contribution >= 0.6 is 0 Å². The fraction of sp³-hybridized carbons (Fsp3) is 0.462. The molecule has 0 aromatic heterocycles. The Hall–Kier alpha value is -1.40. The van der Waals surface area contributed by atoms with Crippen molar-refractivity contribution < 1.29 is 18.3 Å². The van der Waals surface area contributed by atoms with Gasteiger partial charge in [-0.1, -0.05) is 30.3 Å². The predicted octanol–water partition coefficient (Wildman–Crippen LogP) is 1.41. The molecule has 19 heavy (non-hydrogen) atoms. The molecule has 1 aromatic carbocycles. The number of sulfonamides is 1. The van der Waals surface area contributed by atoms with E-state index in [0.29, 0.717) is 18.4 Å². The van der Waals surface area contributed by atoms with Gasteiger partial charge in [0.1, 0.15) is 0 Å². The zero-order chi connectivity index (χ0) is 14.1. The minimum Gasteiger partial charge on any atom is -0.480 e. The van der Waals surface area contributed by atoms with E-state index >= 15 is 0 Å². The summed E-state index contributed by atoms with van der Waals surface area (Å²) in [6.07, 6.45) is 1.28. The molecule has 0 aliphatic carbocycles. The van der Waals surface area contributed by atoms with Gasteiger partial charge < -0.3 is 5.11 Å². The Morgan fingerprint density at radius 1 is 1.26 bits per heavy atom. The molecule has 1 atom stereocenters. The monoisotopic (exact) mass is 283 g/mol. The molecule has 1 heterocycles. The Morgan fingerprint density at radius 2 is 1.89 bits per heavy atom. The number of carboxylic acid groups (broad SMARTS) is 1. The number of nitrogens with zero attached hydrogens (tertiary/aromatic N) is 1. The molecule has 0 saturated carbocycles. The predicted molar refractivity (Wildman–Crippen MR) is 71.2 cm³/mol. The van der Waals surface area contributed by atoms with Gasteiger partial charge in [0.05, 0.1) is 5.75 Å². The van der Waals surface area contributed by atoms with Crippen molar-refractivity contribution in [2.24, 2.45) is 0 Å². The van der Waals surface area contributed by atoms with E-state index < -0.39 is 21.5 Å². The van der Waals surface area contributed by atoms with Crippen molar-refractivity contribution in [1.82, 2.24) is 4.31 Å². The third kappa shape index (κ3) is 2.37. The van der Waals surface area contributed by atoms with Gasteiger partial charge in [0.25, 0.3) is 0 Å². The van der Waals surface area contributed by atoms with Crippen molar-refractivity contribution in [3.05, 3.63) is 35.9 Å². The van der Waals surface area contributed by atoms with Crippen LogP contribution in [0.1, 0.15) is 25.3 Å². The van der Waals surface area contributed by atoms with Gasteiger partial charge in [-0.15, -0.1) is 0 Å². The standard InChI is InChI=1S/C13H17NO4S/c1-13(12(15)16,11-7-3-2-4-8-11)14-9-5-6-10-19(14,17)18/h2-4,7-8H,5-6,9-10H2,1H3,(H,15,16). The highest BCUT2D eigenvalue weighted by molar-refractivity contribution is 7.89. The summed E-state index contributed by atoms with van der Waals surface area (Å²) in [7, 11) is -3.52. The lowest BCUT2D eigenvalue weighted by Gasteiger charge is -2.39. The molecule has 1 unspecified atom stereocenters. The van der Waals surface area contributed by atoms with Gasteiger partial charge >= 0.3 is 5.97 Å². The van der Waals surface area contributed by atoms with Crippen LogP contribution < -0.4 is 0 Å². The van der Waals surface area contributed by atoms with E-state index in [1.807, 2.05) is 0 Å². The largest absolute Gasteiger partial charge is 0.480 e. The smallest absolute Gasteiger partial charge is 0.329 e. The molecule has 1 aliphatic heterocycles. The first kappa shape index (κ1) is 14.0. The molecule has 0 amide bonds. The Balaban J connectivity index is 2.54. The summed E-state index contributed by atoms with van der Waals surface area (Å²) in [5.74, 6) is -1.13. The number of carbonyl (C=O) groups is 1. The first-order valence-corrected chi connectivity index (χ1v) is 7.79. The molecule has 104 valence electrons.